The molecule has 0 amide bonds. The van der Waals surface area contributed by atoms with E-state index in [2.05, 4.69) is 29.3 Å². The molecule has 0 saturated heterocycles. The number of aliphatic carboxylic acids is 1. The number of hydrogen-bond donors (Lipinski definition) is 1. The first-order chi connectivity index (χ1) is 9.11. The van der Waals surface area contributed by atoms with Crippen molar-refractivity contribution in [2.45, 2.75) is 25.4 Å². The average molecular weight is 277 g/mol. The van der Waals surface area contributed by atoms with Crippen molar-refractivity contribution in [1.82, 2.24) is 14.8 Å². The lowest BCUT2D eigenvalue weighted by Crippen LogP contribution is -2.03. The van der Waals surface area contributed by atoms with E-state index >= 15 is 0 Å². The van der Waals surface area contributed by atoms with Crippen LogP contribution in [0.15, 0.2) is 29.4 Å². The van der Waals surface area contributed by atoms with Crippen molar-refractivity contribution in [2.75, 3.05) is 5.75 Å². The summed E-state index contributed by atoms with van der Waals surface area (Å²) in [6, 6.07) is 8.09. The summed E-state index contributed by atoms with van der Waals surface area (Å²) < 4.78 is 1.88. The molecule has 0 bridgehead atoms. The Morgan fingerprint density at radius 1 is 1.42 bits per heavy atom. The summed E-state index contributed by atoms with van der Waals surface area (Å²) >= 11 is 1.17. The number of rotatable bonds is 5. The van der Waals surface area contributed by atoms with Gasteiger partial charge >= 0.3 is 5.97 Å². The molecule has 19 heavy (non-hydrogen) atoms. The van der Waals surface area contributed by atoms with Gasteiger partial charge in [0.15, 0.2) is 5.16 Å². The molecule has 0 aliphatic rings. The molecule has 0 unspecified atom stereocenters. The number of carboxylic acid groups (broad SMARTS) is 1. The van der Waals surface area contributed by atoms with Gasteiger partial charge in [0.2, 0.25) is 0 Å². The van der Waals surface area contributed by atoms with Crippen molar-refractivity contribution < 1.29 is 9.90 Å². The monoisotopic (exact) mass is 277 g/mol. The molecule has 1 heterocycles. The van der Waals surface area contributed by atoms with Gasteiger partial charge in [0.1, 0.15) is 5.82 Å². The molecule has 0 fully saturated rings. The number of benzene rings is 1. The minimum atomic E-state index is -0.862. The molecule has 0 radical (unpaired) electrons. The van der Waals surface area contributed by atoms with Gasteiger partial charge < -0.3 is 5.11 Å². The molecule has 100 valence electrons. The average Bonchev–Trinajstić information content (AvgIpc) is 2.77. The lowest BCUT2D eigenvalue weighted by molar-refractivity contribution is -0.133. The highest BCUT2D eigenvalue weighted by Crippen LogP contribution is 2.22. The zero-order chi connectivity index (χ0) is 13.8. The molecule has 1 aromatic carbocycles. The summed E-state index contributed by atoms with van der Waals surface area (Å²) in [4.78, 5) is 10.6. The first-order valence-electron chi connectivity index (χ1n) is 5.97. The summed E-state index contributed by atoms with van der Waals surface area (Å²) in [6.07, 6.45) is 0.951. The van der Waals surface area contributed by atoms with E-state index in [4.69, 9.17) is 5.11 Å². The second-order valence-corrected chi connectivity index (χ2v) is 5.01. The van der Waals surface area contributed by atoms with Gasteiger partial charge in [0.25, 0.3) is 0 Å². The molecule has 6 heteroatoms. The van der Waals surface area contributed by atoms with Crippen molar-refractivity contribution >= 4 is 17.7 Å². The van der Waals surface area contributed by atoms with E-state index in [1.807, 2.05) is 23.6 Å². The molecule has 1 N–H and O–H groups in total. The number of carbonyl (C=O) groups is 1. The topological polar surface area (TPSA) is 68.0 Å². The van der Waals surface area contributed by atoms with Gasteiger partial charge in [0.05, 0.1) is 5.75 Å². The van der Waals surface area contributed by atoms with Gasteiger partial charge in [-0.25, -0.2) is 0 Å². The number of thioether (sulfide) groups is 1. The summed E-state index contributed by atoms with van der Waals surface area (Å²) in [5.74, 6) is -0.133. The number of aromatic nitrogens is 3. The van der Waals surface area contributed by atoms with Crippen LogP contribution in [0, 0.1) is 6.92 Å². The fourth-order valence-electron chi connectivity index (χ4n) is 1.78. The van der Waals surface area contributed by atoms with Crippen LogP contribution in [0.25, 0.3) is 5.69 Å². The molecular formula is C13H15N3O2S. The predicted molar refractivity (Wildman–Crippen MR) is 73.8 cm³/mol. The minimum absolute atomic E-state index is 0.0222. The maximum atomic E-state index is 10.6. The smallest absolute Gasteiger partial charge is 0.313 e. The van der Waals surface area contributed by atoms with E-state index in [1.54, 1.807) is 0 Å². The van der Waals surface area contributed by atoms with E-state index in [0.717, 1.165) is 17.9 Å². The SMILES string of the molecule is CCc1cccc(-n2c(C)nnc2SCC(=O)O)c1. The zero-order valence-corrected chi connectivity index (χ0v) is 11.6. The fourth-order valence-corrected chi connectivity index (χ4v) is 2.49. The number of nitrogens with zero attached hydrogens (tertiary/aromatic N) is 3. The lowest BCUT2D eigenvalue weighted by atomic mass is 10.1. The summed E-state index contributed by atoms with van der Waals surface area (Å²) in [7, 11) is 0. The summed E-state index contributed by atoms with van der Waals surface area (Å²) in [5, 5.41) is 17.4. The van der Waals surface area contributed by atoms with E-state index in [9.17, 15) is 4.79 Å². The van der Waals surface area contributed by atoms with Crippen LogP contribution in [0.4, 0.5) is 0 Å². The molecule has 2 rings (SSSR count). The van der Waals surface area contributed by atoms with Crippen LogP contribution in [0.5, 0.6) is 0 Å². The highest BCUT2D eigenvalue weighted by atomic mass is 32.2. The van der Waals surface area contributed by atoms with Gasteiger partial charge in [-0.15, -0.1) is 10.2 Å². The largest absolute Gasteiger partial charge is 0.481 e. The van der Waals surface area contributed by atoms with Gasteiger partial charge in [-0.1, -0.05) is 30.8 Å². The van der Waals surface area contributed by atoms with E-state index in [1.165, 1.54) is 17.3 Å². The molecule has 1 aromatic heterocycles. The third kappa shape index (κ3) is 3.14. The third-order valence-electron chi connectivity index (χ3n) is 2.70. The van der Waals surface area contributed by atoms with Gasteiger partial charge in [0, 0.05) is 5.69 Å². The van der Waals surface area contributed by atoms with E-state index < -0.39 is 5.97 Å². The quantitative estimate of drug-likeness (QED) is 0.849. The molecule has 2 aromatic rings. The van der Waals surface area contributed by atoms with Crippen LogP contribution in [0.1, 0.15) is 18.3 Å². The lowest BCUT2D eigenvalue weighted by Gasteiger charge is -2.09. The Balaban J connectivity index is 2.37. The second kappa shape index (κ2) is 5.88. The van der Waals surface area contributed by atoms with Gasteiger partial charge in [-0.3, -0.25) is 9.36 Å². The predicted octanol–water partition coefficient (Wildman–Crippen LogP) is 2.31. The Kier molecular flexibility index (Phi) is 4.21. The maximum Gasteiger partial charge on any atom is 0.313 e. The van der Waals surface area contributed by atoms with Gasteiger partial charge in [-0.05, 0) is 31.0 Å². The molecule has 0 spiro atoms. The Morgan fingerprint density at radius 2 is 2.21 bits per heavy atom. The van der Waals surface area contributed by atoms with E-state index in [-0.39, 0.29) is 5.75 Å². The fraction of sp³-hybridized carbons (Fsp3) is 0.308. The summed E-state index contributed by atoms with van der Waals surface area (Å²) in [5.41, 5.74) is 2.19. The number of hydrogen-bond acceptors (Lipinski definition) is 4. The molecule has 0 aliphatic heterocycles. The van der Waals surface area contributed by atoms with Crippen LogP contribution < -0.4 is 0 Å². The number of carboxylic acids is 1. The highest BCUT2D eigenvalue weighted by molar-refractivity contribution is 7.99. The second-order valence-electron chi connectivity index (χ2n) is 4.07. The molecule has 0 saturated carbocycles. The van der Waals surface area contributed by atoms with Crippen molar-refractivity contribution in [1.29, 1.82) is 0 Å². The van der Waals surface area contributed by atoms with Crippen molar-refractivity contribution in [2.24, 2.45) is 0 Å². The van der Waals surface area contributed by atoms with Crippen LogP contribution in [-0.4, -0.2) is 31.6 Å². The van der Waals surface area contributed by atoms with Crippen LogP contribution in [0.3, 0.4) is 0 Å². The Hall–Kier alpha value is -1.82. The van der Waals surface area contributed by atoms with Crippen LogP contribution >= 0.6 is 11.8 Å². The van der Waals surface area contributed by atoms with E-state index in [0.29, 0.717) is 5.16 Å². The highest BCUT2D eigenvalue weighted by Gasteiger charge is 2.12. The standard InChI is InChI=1S/C13H15N3O2S/c1-3-10-5-4-6-11(7-10)16-9(2)14-15-13(16)19-8-12(17)18/h4-7H,3,8H2,1-2H3,(H,17,18). The first-order valence-corrected chi connectivity index (χ1v) is 6.96. The first kappa shape index (κ1) is 13.6. The van der Waals surface area contributed by atoms with Crippen molar-refractivity contribution in [3.8, 4) is 5.69 Å². The Labute approximate surface area is 115 Å². The van der Waals surface area contributed by atoms with Crippen molar-refractivity contribution in [3.05, 3.63) is 35.7 Å². The zero-order valence-electron chi connectivity index (χ0n) is 10.8. The maximum absolute atomic E-state index is 10.6. The Morgan fingerprint density at radius 3 is 2.89 bits per heavy atom. The van der Waals surface area contributed by atoms with Crippen LogP contribution in [-0.2, 0) is 11.2 Å². The summed E-state index contributed by atoms with van der Waals surface area (Å²) in [6.45, 7) is 3.95. The van der Waals surface area contributed by atoms with Gasteiger partial charge in [-0.2, -0.15) is 0 Å². The number of aryl methyl sites for hydroxylation is 2. The van der Waals surface area contributed by atoms with Crippen molar-refractivity contribution in [3.63, 3.8) is 0 Å². The third-order valence-corrected chi connectivity index (χ3v) is 3.61. The van der Waals surface area contributed by atoms with Crippen LogP contribution in [0.2, 0.25) is 0 Å². The molecular weight excluding hydrogens is 262 g/mol. The molecule has 0 atom stereocenters. The minimum Gasteiger partial charge on any atom is -0.481 e. The normalized spacial score (nSPS) is 10.6. The molecule has 5 nitrogen and oxygen atoms in total. The Bertz CT molecular complexity index is 595. The molecule has 0 aliphatic carbocycles.